The fourth-order valence-corrected chi connectivity index (χ4v) is 3.56. The van der Waals surface area contributed by atoms with Gasteiger partial charge in [-0.3, -0.25) is 4.79 Å². The highest BCUT2D eigenvalue weighted by molar-refractivity contribution is 5.80. The van der Waals surface area contributed by atoms with E-state index >= 15 is 0 Å². The first-order valence-corrected chi connectivity index (χ1v) is 9.41. The van der Waals surface area contributed by atoms with Crippen LogP contribution in [0.4, 0.5) is 0 Å². The number of halogens is 1. The normalized spacial score (nSPS) is 14.0. The van der Waals surface area contributed by atoms with E-state index in [-0.39, 0.29) is 17.8 Å². The standard InChI is InChI=1S/C22H23NO4.ClH/c1-25-17-6-4-16(5-7-17)21-15-20(24)19-9-8-18(14-22(19)27-21)26-13-12-23-10-2-3-11-23;/h4-9,14-15H,2-3,10-13H2,1H3;1H. The summed E-state index contributed by atoms with van der Waals surface area (Å²) in [5.41, 5.74) is 1.31. The molecule has 0 atom stereocenters. The molecule has 0 saturated carbocycles. The van der Waals surface area contributed by atoms with Crippen molar-refractivity contribution in [2.45, 2.75) is 12.8 Å². The second-order valence-electron chi connectivity index (χ2n) is 6.92. The number of methoxy groups -OCH3 is 1. The minimum atomic E-state index is -0.0601. The van der Waals surface area contributed by atoms with Crippen LogP contribution in [0.5, 0.6) is 11.5 Å². The molecule has 1 aliphatic rings. The molecule has 6 heteroatoms. The van der Waals surface area contributed by atoms with E-state index < -0.39 is 0 Å². The van der Waals surface area contributed by atoms with Gasteiger partial charge < -0.3 is 31.2 Å². The molecule has 1 aliphatic heterocycles. The molecule has 2 heterocycles. The van der Waals surface area contributed by atoms with Crippen molar-refractivity contribution < 1.29 is 31.2 Å². The Morgan fingerprint density at radius 3 is 2.43 bits per heavy atom. The molecule has 148 valence electrons. The van der Waals surface area contributed by atoms with E-state index in [9.17, 15) is 4.79 Å². The Kier molecular flexibility index (Phi) is 6.60. The van der Waals surface area contributed by atoms with Crippen LogP contribution in [-0.4, -0.2) is 33.4 Å². The molecular weight excluding hydrogens is 378 g/mol. The van der Waals surface area contributed by atoms with E-state index in [0.29, 0.717) is 23.3 Å². The highest BCUT2D eigenvalue weighted by atomic mass is 35.5. The Morgan fingerprint density at radius 1 is 1.00 bits per heavy atom. The molecule has 1 saturated heterocycles. The zero-order valence-corrected chi connectivity index (χ0v) is 16.6. The van der Waals surface area contributed by atoms with Crippen LogP contribution >= 0.6 is 0 Å². The number of rotatable bonds is 6. The fraction of sp³-hybridized carbons (Fsp3) is 0.318. The van der Waals surface area contributed by atoms with E-state index in [1.165, 1.54) is 32.0 Å². The summed E-state index contributed by atoms with van der Waals surface area (Å²) in [6.07, 6.45) is 2.62. The molecule has 1 aromatic heterocycles. The second kappa shape index (κ2) is 9.13. The summed E-state index contributed by atoms with van der Waals surface area (Å²) < 4.78 is 17.1. The summed E-state index contributed by atoms with van der Waals surface area (Å²) in [5.74, 6) is 2.03. The lowest BCUT2D eigenvalue weighted by Crippen LogP contribution is -3.10. The van der Waals surface area contributed by atoms with Crippen LogP contribution in [-0.2, 0) is 0 Å². The molecule has 28 heavy (non-hydrogen) atoms. The van der Waals surface area contributed by atoms with Crippen molar-refractivity contribution >= 4 is 11.0 Å². The lowest BCUT2D eigenvalue weighted by Gasteiger charge is -2.13. The van der Waals surface area contributed by atoms with Crippen molar-refractivity contribution in [1.82, 2.24) is 0 Å². The summed E-state index contributed by atoms with van der Waals surface area (Å²) in [6.45, 7) is 4.15. The molecule has 0 radical (unpaired) electrons. The number of likely N-dealkylation sites (tertiary alicyclic amines) is 1. The number of ether oxygens (including phenoxy) is 2. The first kappa shape index (κ1) is 20.2. The maximum absolute atomic E-state index is 12.5. The molecule has 3 aromatic rings. The van der Waals surface area contributed by atoms with Gasteiger partial charge in [-0.1, -0.05) is 0 Å². The molecule has 2 aromatic carbocycles. The van der Waals surface area contributed by atoms with Gasteiger partial charge >= 0.3 is 0 Å². The lowest BCUT2D eigenvalue weighted by molar-refractivity contribution is -0.887. The predicted molar refractivity (Wildman–Crippen MR) is 105 cm³/mol. The summed E-state index contributed by atoms with van der Waals surface area (Å²) in [7, 11) is 1.62. The number of hydrogen-bond donors (Lipinski definition) is 1. The molecule has 1 fully saturated rings. The summed E-state index contributed by atoms with van der Waals surface area (Å²) in [6, 6.07) is 14.4. The largest absolute Gasteiger partial charge is 1.00 e. The third-order valence-electron chi connectivity index (χ3n) is 5.11. The topological polar surface area (TPSA) is 53.1 Å². The third-order valence-corrected chi connectivity index (χ3v) is 5.11. The summed E-state index contributed by atoms with van der Waals surface area (Å²) in [4.78, 5) is 14.1. The van der Waals surface area contributed by atoms with Gasteiger partial charge in [-0.05, 0) is 36.4 Å². The Morgan fingerprint density at radius 2 is 1.71 bits per heavy atom. The van der Waals surface area contributed by atoms with E-state index in [1.54, 1.807) is 18.1 Å². The monoisotopic (exact) mass is 401 g/mol. The Bertz CT molecular complexity index is 978. The zero-order valence-electron chi connectivity index (χ0n) is 15.9. The molecule has 4 rings (SSSR count). The zero-order chi connectivity index (χ0) is 18.6. The molecule has 0 spiro atoms. The number of hydrogen-bond acceptors (Lipinski definition) is 4. The van der Waals surface area contributed by atoms with Crippen molar-refractivity contribution in [2.75, 3.05) is 33.4 Å². The Hall–Kier alpha value is -2.50. The number of quaternary nitrogens is 1. The first-order chi connectivity index (χ1) is 13.2. The van der Waals surface area contributed by atoms with E-state index in [2.05, 4.69) is 0 Å². The van der Waals surface area contributed by atoms with E-state index in [0.717, 1.165) is 23.6 Å². The quantitative estimate of drug-likeness (QED) is 0.607. The van der Waals surface area contributed by atoms with Crippen molar-refractivity contribution in [3.05, 3.63) is 58.8 Å². The average Bonchev–Trinajstić information content (AvgIpc) is 3.21. The van der Waals surface area contributed by atoms with Crippen LogP contribution in [0.3, 0.4) is 0 Å². The van der Waals surface area contributed by atoms with Gasteiger partial charge in [-0.15, -0.1) is 0 Å². The van der Waals surface area contributed by atoms with Crippen molar-refractivity contribution in [2.24, 2.45) is 0 Å². The highest BCUT2D eigenvalue weighted by Gasteiger charge is 2.15. The van der Waals surface area contributed by atoms with Crippen LogP contribution in [0, 0.1) is 0 Å². The van der Waals surface area contributed by atoms with Crippen LogP contribution in [0.25, 0.3) is 22.3 Å². The molecule has 0 aliphatic carbocycles. The fourth-order valence-electron chi connectivity index (χ4n) is 3.56. The Labute approximate surface area is 170 Å². The molecule has 5 nitrogen and oxygen atoms in total. The van der Waals surface area contributed by atoms with Gasteiger partial charge in [0.2, 0.25) is 0 Å². The van der Waals surface area contributed by atoms with Crippen LogP contribution < -0.4 is 32.2 Å². The summed E-state index contributed by atoms with van der Waals surface area (Å²) in [5, 5.41) is 0.560. The minimum absolute atomic E-state index is 0. The minimum Gasteiger partial charge on any atom is -1.00 e. The van der Waals surface area contributed by atoms with E-state index in [4.69, 9.17) is 13.9 Å². The van der Waals surface area contributed by atoms with Gasteiger partial charge in [0.1, 0.15) is 36.0 Å². The van der Waals surface area contributed by atoms with E-state index in [1.807, 2.05) is 36.4 Å². The van der Waals surface area contributed by atoms with Gasteiger partial charge in [0.15, 0.2) is 5.43 Å². The van der Waals surface area contributed by atoms with Gasteiger partial charge in [-0.2, -0.15) is 0 Å². The first-order valence-electron chi connectivity index (χ1n) is 9.41. The molecule has 0 unspecified atom stereocenters. The van der Waals surface area contributed by atoms with Crippen molar-refractivity contribution in [3.63, 3.8) is 0 Å². The highest BCUT2D eigenvalue weighted by Crippen LogP contribution is 2.26. The number of benzene rings is 2. The lowest BCUT2D eigenvalue weighted by atomic mass is 10.1. The smallest absolute Gasteiger partial charge is 0.193 e. The molecule has 0 amide bonds. The molecule has 0 bridgehead atoms. The average molecular weight is 402 g/mol. The molecule has 1 N–H and O–H groups in total. The third kappa shape index (κ3) is 4.49. The van der Waals surface area contributed by atoms with Gasteiger partial charge in [0.25, 0.3) is 0 Å². The van der Waals surface area contributed by atoms with Gasteiger partial charge in [0, 0.05) is 30.5 Å². The van der Waals surface area contributed by atoms with Crippen LogP contribution in [0.1, 0.15) is 12.8 Å². The van der Waals surface area contributed by atoms with Gasteiger partial charge in [-0.25, -0.2) is 0 Å². The number of fused-ring (bicyclic) bond motifs is 1. The van der Waals surface area contributed by atoms with Crippen molar-refractivity contribution in [3.8, 4) is 22.8 Å². The number of nitrogens with one attached hydrogen (secondary N) is 1. The van der Waals surface area contributed by atoms with Crippen LogP contribution in [0.2, 0.25) is 0 Å². The van der Waals surface area contributed by atoms with Crippen molar-refractivity contribution in [1.29, 1.82) is 0 Å². The second-order valence-corrected chi connectivity index (χ2v) is 6.92. The van der Waals surface area contributed by atoms with Crippen LogP contribution in [0.15, 0.2) is 57.7 Å². The molecular formula is C22H24ClNO4. The SMILES string of the molecule is COc1ccc(-c2cc(=O)c3ccc(OCC[NH+]4CCCC4)cc3o2)cc1.[Cl-]. The maximum atomic E-state index is 12.5. The Balaban J connectivity index is 0.00000225. The van der Waals surface area contributed by atoms with Gasteiger partial charge in [0.05, 0.1) is 25.6 Å². The maximum Gasteiger partial charge on any atom is 0.193 e. The predicted octanol–water partition coefficient (Wildman–Crippen LogP) is -0.470. The summed E-state index contributed by atoms with van der Waals surface area (Å²) >= 11 is 0.